The summed E-state index contributed by atoms with van der Waals surface area (Å²) in [6.45, 7) is 7.03. The van der Waals surface area contributed by atoms with Crippen LogP contribution in [0.3, 0.4) is 0 Å². The summed E-state index contributed by atoms with van der Waals surface area (Å²) < 4.78 is 11.2. The van der Waals surface area contributed by atoms with Crippen LogP contribution < -0.4 is 0 Å². The minimum atomic E-state index is -0.592. The van der Waals surface area contributed by atoms with Gasteiger partial charge in [-0.2, -0.15) is 0 Å². The predicted molar refractivity (Wildman–Crippen MR) is 85.9 cm³/mol. The van der Waals surface area contributed by atoms with Crippen molar-refractivity contribution >= 4 is 16.9 Å². The molecule has 1 N–H and O–H groups in total. The van der Waals surface area contributed by atoms with Gasteiger partial charge in [-0.25, -0.2) is 0 Å². The van der Waals surface area contributed by atoms with E-state index >= 15 is 0 Å². The lowest BCUT2D eigenvalue weighted by atomic mass is 9.86. The van der Waals surface area contributed by atoms with E-state index in [0.717, 1.165) is 24.1 Å². The molecule has 118 valence electrons. The smallest absolute Gasteiger partial charge is 0.309 e. The number of aromatic amines is 1. The SMILES string of the molecule is CCOC(=O)CC1(CC)OCCc2c1[nH]c1c(C)cccc21. The molecule has 0 amide bonds. The molecule has 2 aromatic rings. The number of H-pyrrole nitrogens is 1. The van der Waals surface area contributed by atoms with Gasteiger partial charge in [-0.1, -0.05) is 25.1 Å². The molecule has 0 aliphatic carbocycles. The van der Waals surface area contributed by atoms with Crippen LogP contribution in [0, 0.1) is 6.92 Å². The molecular formula is C18H23NO3. The first kappa shape index (κ1) is 15.1. The fourth-order valence-corrected chi connectivity index (χ4v) is 3.48. The van der Waals surface area contributed by atoms with Crippen LogP contribution in [-0.4, -0.2) is 24.2 Å². The highest BCUT2D eigenvalue weighted by molar-refractivity contribution is 5.88. The van der Waals surface area contributed by atoms with E-state index in [0.29, 0.717) is 13.2 Å². The molecule has 4 heteroatoms. The Morgan fingerprint density at radius 3 is 2.95 bits per heavy atom. The van der Waals surface area contributed by atoms with Crippen molar-refractivity contribution in [2.75, 3.05) is 13.2 Å². The standard InChI is InChI=1S/C18H23NO3/c1-4-18(11-15(20)21-5-2)17-14(9-10-22-18)13-8-6-7-12(3)16(13)19-17/h6-8,19H,4-5,9-11H2,1-3H3. The normalized spacial score (nSPS) is 20.9. The molecule has 1 aliphatic rings. The lowest BCUT2D eigenvalue weighted by molar-refractivity contribution is -0.154. The summed E-state index contributed by atoms with van der Waals surface area (Å²) in [4.78, 5) is 15.6. The van der Waals surface area contributed by atoms with E-state index in [1.54, 1.807) is 0 Å². The van der Waals surface area contributed by atoms with E-state index in [2.05, 4.69) is 37.0 Å². The summed E-state index contributed by atoms with van der Waals surface area (Å²) in [6.07, 6.45) is 1.88. The minimum absolute atomic E-state index is 0.201. The number of aryl methyl sites for hydroxylation is 1. The predicted octanol–water partition coefficient (Wildman–Crippen LogP) is 3.61. The van der Waals surface area contributed by atoms with Crippen LogP contribution in [0.1, 0.15) is 43.5 Å². The van der Waals surface area contributed by atoms with E-state index in [-0.39, 0.29) is 12.4 Å². The Labute approximate surface area is 130 Å². The average molecular weight is 301 g/mol. The van der Waals surface area contributed by atoms with Gasteiger partial charge in [0, 0.05) is 10.9 Å². The first-order chi connectivity index (χ1) is 10.6. The number of hydrogen-bond donors (Lipinski definition) is 1. The van der Waals surface area contributed by atoms with Gasteiger partial charge >= 0.3 is 5.97 Å². The van der Waals surface area contributed by atoms with Crippen molar-refractivity contribution in [1.29, 1.82) is 0 Å². The summed E-state index contributed by atoms with van der Waals surface area (Å²) in [7, 11) is 0. The quantitative estimate of drug-likeness (QED) is 0.878. The zero-order valence-electron chi connectivity index (χ0n) is 13.5. The van der Waals surface area contributed by atoms with Crippen molar-refractivity contribution in [2.45, 2.75) is 45.6 Å². The molecule has 0 bridgehead atoms. The van der Waals surface area contributed by atoms with Crippen molar-refractivity contribution in [3.63, 3.8) is 0 Å². The summed E-state index contributed by atoms with van der Waals surface area (Å²) >= 11 is 0. The van der Waals surface area contributed by atoms with Gasteiger partial charge in [0.2, 0.25) is 0 Å². The molecular weight excluding hydrogens is 278 g/mol. The van der Waals surface area contributed by atoms with Gasteiger partial charge in [0.05, 0.1) is 25.3 Å². The second-order valence-electron chi connectivity index (χ2n) is 5.90. The average Bonchev–Trinajstić information content (AvgIpc) is 2.89. The Hall–Kier alpha value is -1.81. The zero-order valence-corrected chi connectivity index (χ0v) is 13.5. The molecule has 4 nitrogen and oxygen atoms in total. The van der Waals surface area contributed by atoms with Crippen LogP contribution in [0.15, 0.2) is 18.2 Å². The van der Waals surface area contributed by atoms with Gasteiger partial charge in [-0.15, -0.1) is 0 Å². The van der Waals surface area contributed by atoms with E-state index in [1.165, 1.54) is 16.5 Å². The van der Waals surface area contributed by atoms with Crippen molar-refractivity contribution in [2.24, 2.45) is 0 Å². The molecule has 2 heterocycles. The molecule has 3 rings (SSSR count). The van der Waals surface area contributed by atoms with E-state index in [9.17, 15) is 4.79 Å². The molecule has 0 spiro atoms. The Bertz CT molecular complexity index is 704. The molecule has 0 radical (unpaired) electrons. The summed E-state index contributed by atoms with van der Waals surface area (Å²) in [6, 6.07) is 6.33. The molecule has 1 aromatic heterocycles. The molecule has 1 aliphatic heterocycles. The topological polar surface area (TPSA) is 51.3 Å². The van der Waals surface area contributed by atoms with Gasteiger partial charge < -0.3 is 14.5 Å². The minimum Gasteiger partial charge on any atom is -0.466 e. The number of esters is 1. The third kappa shape index (κ3) is 2.31. The largest absolute Gasteiger partial charge is 0.466 e. The molecule has 0 fully saturated rings. The lowest BCUT2D eigenvalue weighted by Crippen LogP contribution is -2.37. The third-order valence-electron chi connectivity index (χ3n) is 4.64. The number of benzene rings is 1. The van der Waals surface area contributed by atoms with Crippen LogP contribution in [0.2, 0.25) is 0 Å². The van der Waals surface area contributed by atoms with Crippen molar-refractivity contribution in [3.8, 4) is 0 Å². The van der Waals surface area contributed by atoms with Crippen LogP contribution in [0.25, 0.3) is 10.9 Å². The Kier molecular flexibility index (Phi) is 3.96. The zero-order chi connectivity index (χ0) is 15.7. The van der Waals surface area contributed by atoms with Crippen molar-refractivity contribution < 1.29 is 14.3 Å². The number of ether oxygens (including phenoxy) is 2. The maximum Gasteiger partial charge on any atom is 0.309 e. The molecule has 1 aromatic carbocycles. The van der Waals surface area contributed by atoms with Gasteiger partial charge in [-0.3, -0.25) is 4.79 Å². The number of aromatic nitrogens is 1. The molecule has 0 saturated heterocycles. The maximum atomic E-state index is 12.1. The first-order valence-electron chi connectivity index (χ1n) is 8.01. The third-order valence-corrected chi connectivity index (χ3v) is 4.64. The second kappa shape index (κ2) is 5.76. The van der Waals surface area contributed by atoms with Gasteiger partial charge in [0.25, 0.3) is 0 Å². The Morgan fingerprint density at radius 2 is 2.23 bits per heavy atom. The van der Waals surface area contributed by atoms with Crippen LogP contribution in [0.5, 0.6) is 0 Å². The lowest BCUT2D eigenvalue weighted by Gasteiger charge is -2.36. The molecule has 1 unspecified atom stereocenters. The fraction of sp³-hybridized carbons (Fsp3) is 0.500. The van der Waals surface area contributed by atoms with Gasteiger partial charge in [0.1, 0.15) is 5.60 Å². The van der Waals surface area contributed by atoms with Crippen LogP contribution in [0.4, 0.5) is 0 Å². The molecule has 22 heavy (non-hydrogen) atoms. The maximum absolute atomic E-state index is 12.1. The number of rotatable bonds is 4. The van der Waals surface area contributed by atoms with Gasteiger partial charge in [0.15, 0.2) is 0 Å². The van der Waals surface area contributed by atoms with E-state index in [1.807, 2.05) is 6.92 Å². The fourth-order valence-electron chi connectivity index (χ4n) is 3.48. The summed E-state index contributed by atoms with van der Waals surface area (Å²) in [5, 5.41) is 1.25. The highest BCUT2D eigenvalue weighted by Gasteiger charge is 2.41. The molecule has 1 atom stereocenters. The first-order valence-corrected chi connectivity index (χ1v) is 8.01. The number of para-hydroxylation sites is 1. The van der Waals surface area contributed by atoms with Crippen LogP contribution >= 0.6 is 0 Å². The number of carbonyl (C=O) groups excluding carboxylic acids is 1. The monoisotopic (exact) mass is 301 g/mol. The van der Waals surface area contributed by atoms with E-state index in [4.69, 9.17) is 9.47 Å². The van der Waals surface area contributed by atoms with Crippen molar-refractivity contribution in [3.05, 3.63) is 35.0 Å². The number of fused-ring (bicyclic) bond motifs is 3. The molecule has 0 saturated carbocycles. The number of carbonyl (C=O) groups is 1. The summed E-state index contributed by atoms with van der Waals surface area (Å²) in [5.41, 5.74) is 4.12. The van der Waals surface area contributed by atoms with E-state index < -0.39 is 5.60 Å². The Balaban J connectivity index is 2.11. The number of hydrogen-bond acceptors (Lipinski definition) is 3. The number of nitrogens with one attached hydrogen (secondary N) is 1. The second-order valence-corrected chi connectivity index (χ2v) is 5.90. The van der Waals surface area contributed by atoms with Crippen LogP contribution in [-0.2, 0) is 26.3 Å². The highest BCUT2D eigenvalue weighted by Crippen LogP contribution is 2.42. The van der Waals surface area contributed by atoms with Crippen molar-refractivity contribution in [1.82, 2.24) is 4.98 Å². The summed E-state index contributed by atoms with van der Waals surface area (Å²) in [5.74, 6) is -0.201. The van der Waals surface area contributed by atoms with Gasteiger partial charge in [-0.05, 0) is 37.8 Å². The Morgan fingerprint density at radius 1 is 1.41 bits per heavy atom. The highest BCUT2D eigenvalue weighted by atomic mass is 16.5.